The number of hydrogen-bond donors (Lipinski definition) is 1. The molecule has 7 heteroatoms. The van der Waals surface area contributed by atoms with Crippen molar-refractivity contribution in [3.63, 3.8) is 0 Å². The molecule has 120 valence electrons. The first-order valence-electron chi connectivity index (χ1n) is 6.60. The Morgan fingerprint density at radius 3 is 2.48 bits per heavy atom. The van der Waals surface area contributed by atoms with Gasteiger partial charge in [0, 0.05) is 17.1 Å². The zero-order chi connectivity index (χ0) is 16.8. The number of carbonyl (C=O) groups excluding carboxylic acids is 1. The third kappa shape index (κ3) is 5.43. The summed E-state index contributed by atoms with van der Waals surface area (Å²) < 4.78 is 0. The van der Waals surface area contributed by atoms with Crippen molar-refractivity contribution in [1.82, 2.24) is 0 Å². The Bertz CT molecular complexity index is 750. The predicted octanol–water partition coefficient (Wildman–Crippen LogP) is 6.18. The Balaban J connectivity index is 2.09. The summed E-state index contributed by atoms with van der Waals surface area (Å²) in [7, 11) is 0. The van der Waals surface area contributed by atoms with E-state index in [-0.39, 0.29) is 0 Å². The lowest BCUT2D eigenvalue weighted by Crippen LogP contribution is -2.10. The molecule has 0 saturated carbocycles. The second kappa shape index (κ2) is 8.60. The summed E-state index contributed by atoms with van der Waals surface area (Å²) in [6.07, 6.45) is 2.36. The van der Waals surface area contributed by atoms with Crippen LogP contribution in [-0.2, 0) is 6.42 Å². The zero-order valence-electron chi connectivity index (χ0n) is 12.1. The number of anilines is 1. The number of halogens is 3. The van der Waals surface area contributed by atoms with E-state index in [1.807, 2.05) is 30.5 Å². The van der Waals surface area contributed by atoms with Crippen LogP contribution in [0.15, 0.2) is 47.5 Å². The highest BCUT2D eigenvalue weighted by Crippen LogP contribution is 2.25. The summed E-state index contributed by atoms with van der Waals surface area (Å²) in [5.41, 5.74) is 1.45. The van der Waals surface area contributed by atoms with Crippen LogP contribution in [0, 0.1) is 0 Å². The van der Waals surface area contributed by atoms with E-state index in [0.717, 1.165) is 5.56 Å². The SMILES string of the molecule is CSC(Cc1ccccc1Cl)=NC(=O)Nc1ccc(Cl)c(Cl)c1. The van der Waals surface area contributed by atoms with Gasteiger partial charge in [0.2, 0.25) is 0 Å². The molecule has 23 heavy (non-hydrogen) atoms. The van der Waals surface area contributed by atoms with Crippen LogP contribution in [0.4, 0.5) is 10.5 Å². The molecule has 0 aliphatic rings. The fourth-order valence-electron chi connectivity index (χ4n) is 1.80. The van der Waals surface area contributed by atoms with Crippen LogP contribution >= 0.6 is 46.6 Å². The number of rotatable bonds is 3. The van der Waals surface area contributed by atoms with Gasteiger partial charge in [-0.15, -0.1) is 11.8 Å². The Morgan fingerprint density at radius 2 is 1.83 bits per heavy atom. The molecular weight excluding hydrogens is 375 g/mol. The number of nitrogens with one attached hydrogen (secondary N) is 1. The maximum Gasteiger partial charge on any atom is 0.346 e. The minimum Gasteiger partial charge on any atom is -0.306 e. The molecule has 1 N–H and O–H groups in total. The third-order valence-electron chi connectivity index (χ3n) is 2.93. The quantitative estimate of drug-likeness (QED) is 0.504. The van der Waals surface area contributed by atoms with E-state index in [0.29, 0.717) is 32.2 Å². The molecule has 0 spiro atoms. The number of carbonyl (C=O) groups is 1. The van der Waals surface area contributed by atoms with Gasteiger partial charge in [0.1, 0.15) is 0 Å². The molecule has 0 heterocycles. The lowest BCUT2D eigenvalue weighted by Gasteiger charge is -2.07. The second-order valence-electron chi connectivity index (χ2n) is 4.54. The first-order valence-corrected chi connectivity index (χ1v) is 8.96. The monoisotopic (exact) mass is 386 g/mol. The van der Waals surface area contributed by atoms with Crippen molar-refractivity contribution in [2.75, 3.05) is 11.6 Å². The van der Waals surface area contributed by atoms with Crippen LogP contribution in [-0.4, -0.2) is 17.3 Å². The topological polar surface area (TPSA) is 41.5 Å². The molecule has 0 aliphatic carbocycles. The maximum atomic E-state index is 12.0. The highest BCUT2D eigenvalue weighted by Gasteiger charge is 2.08. The van der Waals surface area contributed by atoms with Gasteiger partial charge in [0.25, 0.3) is 0 Å². The minimum atomic E-state index is -0.472. The van der Waals surface area contributed by atoms with E-state index in [2.05, 4.69) is 10.3 Å². The Kier molecular flexibility index (Phi) is 6.78. The van der Waals surface area contributed by atoms with Gasteiger partial charge in [-0.2, -0.15) is 4.99 Å². The molecule has 2 rings (SSSR count). The number of hydrogen-bond acceptors (Lipinski definition) is 2. The summed E-state index contributed by atoms with van der Waals surface area (Å²) in [4.78, 5) is 16.1. The van der Waals surface area contributed by atoms with Gasteiger partial charge in [0.05, 0.1) is 15.1 Å². The molecule has 2 amide bonds. The average Bonchev–Trinajstić information content (AvgIpc) is 2.52. The third-order valence-corrected chi connectivity index (χ3v) is 4.75. The first kappa shape index (κ1) is 18.1. The number of benzene rings is 2. The number of amides is 2. The maximum absolute atomic E-state index is 12.0. The van der Waals surface area contributed by atoms with Gasteiger partial charge < -0.3 is 5.32 Å². The van der Waals surface area contributed by atoms with Gasteiger partial charge >= 0.3 is 6.03 Å². The van der Waals surface area contributed by atoms with E-state index >= 15 is 0 Å². The second-order valence-corrected chi connectivity index (χ2v) is 6.64. The molecule has 2 aromatic carbocycles. The minimum absolute atomic E-state index is 0.370. The lowest BCUT2D eigenvalue weighted by atomic mass is 10.2. The average molecular weight is 388 g/mol. The summed E-state index contributed by atoms with van der Waals surface area (Å²) in [5.74, 6) is 0. The van der Waals surface area contributed by atoms with Crippen LogP contribution in [0.3, 0.4) is 0 Å². The predicted molar refractivity (Wildman–Crippen MR) is 102 cm³/mol. The van der Waals surface area contributed by atoms with Gasteiger partial charge in [-0.3, -0.25) is 0 Å². The highest BCUT2D eigenvalue weighted by molar-refractivity contribution is 8.13. The largest absolute Gasteiger partial charge is 0.346 e. The van der Waals surface area contributed by atoms with Crippen molar-refractivity contribution < 1.29 is 4.79 Å². The highest BCUT2D eigenvalue weighted by atomic mass is 35.5. The molecular formula is C16H13Cl3N2OS. The smallest absolute Gasteiger partial charge is 0.306 e. The van der Waals surface area contributed by atoms with Crippen LogP contribution in [0.25, 0.3) is 0 Å². The number of thioether (sulfide) groups is 1. The Morgan fingerprint density at radius 1 is 1.09 bits per heavy atom. The lowest BCUT2D eigenvalue weighted by molar-refractivity contribution is 0.259. The van der Waals surface area contributed by atoms with Crippen molar-refractivity contribution in [2.45, 2.75) is 6.42 Å². The van der Waals surface area contributed by atoms with Gasteiger partial charge in [-0.05, 0) is 36.1 Å². The molecule has 0 unspecified atom stereocenters. The molecule has 0 atom stereocenters. The summed E-state index contributed by atoms with van der Waals surface area (Å²) in [5, 5.41) is 4.77. The molecule has 2 aromatic rings. The van der Waals surface area contributed by atoms with E-state index in [4.69, 9.17) is 34.8 Å². The van der Waals surface area contributed by atoms with Crippen LogP contribution in [0.5, 0.6) is 0 Å². The van der Waals surface area contributed by atoms with Crippen molar-refractivity contribution in [2.24, 2.45) is 4.99 Å². The molecule has 0 aliphatic heterocycles. The fourth-order valence-corrected chi connectivity index (χ4v) is 2.78. The Labute approximate surface area is 154 Å². The van der Waals surface area contributed by atoms with Crippen molar-refractivity contribution in [3.05, 3.63) is 63.1 Å². The molecule has 0 fully saturated rings. The number of nitrogens with zero attached hydrogens (tertiary/aromatic N) is 1. The standard InChI is InChI=1S/C16H13Cl3N2OS/c1-23-15(8-10-4-2-3-5-12(10)17)21-16(22)20-11-6-7-13(18)14(19)9-11/h2-7,9H,8H2,1H3,(H,20,22). The number of aliphatic imine (C=N–C) groups is 1. The summed E-state index contributed by atoms with van der Waals surface area (Å²) >= 11 is 19.3. The van der Waals surface area contributed by atoms with Gasteiger partial charge in [-0.25, -0.2) is 4.79 Å². The van der Waals surface area contributed by atoms with Crippen molar-refractivity contribution >= 4 is 63.3 Å². The molecule has 0 radical (unpaired) electrons. The van der Waals surface area contributed by atoms with Gasteiger partial charge in [-0.1, -0.05) is 53.0 Å². The summed E-state index contributed by atoms with van der Waals surface area (Å²) in [6.45, 7) is 0. The van der Waals surface area contributed by atoms with E-state index in [9.17, 15) is 4.79 Å². The van der Waals surface area contributed by atoms with E-state index < -0.39 is 6.03 Å². The molecule has 0 aromatic heterocycles. The van der Waals surface area contributed by atoms with Crippen LogP contribution in [0.1, 0.15) is 5.56 Å². The zero-order valence-corrected chi connectivity index (χ0v) is 15.2. The first-order chi connectivity index (χ1) is 11.0. The Hall–Kier alpha value is -1.20. The normalized spacial score (nSPS) is 11.4. The van der Waals surface area contributed by atoms with Crippen molar-refractivity contribution in [1.29, 1.82) is 0 Å². The van der Waals surface area contributed by atoms with Crippen LogP contribution < -0.4 is 5.32 Å². The summed E-state index contributed by atoms with van der Waals surface area (Å²) in [6, 6.07) is 11.9. The van der Waals surface area contributed by atoms with Gasteiger partial charge in [0.15, 0.2) is 0 Å². The molecule has 3 nitrogen and oxygen atoms in total. The van der Waals surface area contributed by atoms with Crippen LogP contribution in [0.2, 0.25) is 15.1 Å². The van der Waals surface area contributed by atoms with E-state index in [1.54, 1.807) is 18.2 Å². The number of urea groups is 1. The van der Waals surface area contributed by atoms with Crippen molar-refractivity contribution in [3.8, 4) is 0 Å². The fraction of sp³-hybridized carbons (Fsp3) is 0.125. The van der Waals surface area contributed by atoms with E-state index in [1.165, 1.54) is 11.8 Å². The molecule has 0 saturated heterocycles. The molecule has 0 bridgehead atoms.